The molecule has 11 heteroatoms. The Labute approximate surface area is 236 Å². The van der Waals surface area contributed by atoms with Crippen molar-refractivity contribution in [2.45, 2.75) is 23.6 Å². The van der Waals surface area contributed by atoms with Crippen LogP contribution in [0.15, 0.2) is 111 Å². The normalized spacial score (nSPS) is 11.6. The Morgan fingerprint density at radius 3 is 1.74 bits per heavy atom. The molecule has 4 aromatic carbocycles. The van der Waals surface area contributed by atoms with Gasteiger partial charge in [0.05, 0.1) is 15.5 Å². The molecular weight excluding hydrogens is 602 g/mol. The number of amides is 1. The second-order valence-corrected chi connectivity index (χ2v) is 13.3. The number of halogens is 1. The summed E-state index contributed by atoms with van der Waals surface area (Å²) in [5.74, 6) is -0.588. The summed E-state index contributed by atoms with van der Waals surface area (Å²) in [6, 6.07) is 25.5. The zero-order valence-electron chi connectivity index (χ0n) is 21.1. The molecule has 0 aliphatic heterocycles. The molecule has 8 nitrogen and oxygen atoms in total. The number of anilines is 3. The average molecular weight is 629 g/mol. The van der Waals surface area contributed by atoms with E-state index in [0.29, 0.717) is 17.1 Å². The van der Waals surface area contributed by atoms with E-state index in [0.717, 1.165) is 19.9 Å². The first-order valence-electron chi connectivity index (χ1n) is 11.8. The van der Waals surface area contributed by atoms with Crippen molar-refractivity contribution in [2.75, 3.05) is 20.9 Å². The smallest absolute Gasteiger partial charge is 0.264 e. The van der Waals surface area contributed by atoms with Gasteiger partial charge in [0.1, 0.15) is 6.54 Å². The van der Waals surface area contributed by atoms with E-state index in [2.05, 4.69) is 26.0 Å². The fourth-order valence-electron chi connectivity index (χ4n) is 3.64. The maximum atomic E-state index is 13.5. The molecule has 1 amide bonds. The van der Waals surface area contributed by atoms with Crippen molar-refractivity contribution in [3.8, 4) is 0 Å². The van der Waals surface area contributed by atoms with Crippen molar-refractivity contribution >= 4 is 58.9 Å². The number of hydrogen-bond donors (Lipinski definition) is 2. The van der Waals surface area contributed by atoms with E-state index < -0.39 is 32.5 Å². The molecule has 0 atom stereocenters. The number of nitrogens with zero attached hydrogens (tertiary/aromatic N) is 1. The lowest BCUT2D eigenvalue weighted by Crippen LogP contribution is -2.38. The first kappa shape index (κ1) is 28.3. The third-order valence-electron chi connectivity index (χ3n) is 5.76. The van der Waals surface area contributed by atoms with Crippen molar-refractivity contribution < 1.29 is 21.6 Å². The van der Waals surface area contributed by atoms with Crippen LogP contribution in [0, 0.1) is 13.8 Å². The number of sulfonamides is 2. The van der Waals surface area contributed by atoms with Gasteiger partial charge < -0.3 is 5.32 Å². The van der Waals surface area contributed by atoms with Gasteiger partial charge in [0.15, 0.2) is 0 Å². The predicted molar refractivity (Wildman–Crippen MR) is 157 cm³/mol. The number of carbonyl (C=O) groups excluding carboxylic acids is 1. The highest BCUT2D eigenvalue weighted by Crippen LogP contribution is 2.25. The van der Waals surface area contributed by atoms with E-state index >= 15 is 0 Å². The number of benzene rings is 4. The zero-order valence-corrected chi connectivity index (χ0v) is 24.3. The van der Waals surface area contributed by atoms with Crippen molar-refractivity contribution in [1.82, 2.24) is 0 Å². The number of nitrogens with one attached hydrogen (secondary N) is 2. The SMILES string of the molecule is Cc1ccc(N(CC(=O)Nc2ccc(S(=O)(=O)Nc3ccc(Br)cc3)cc2)S(=O)(=O)c2ccc(C)cc2)cc1. The van der Waals surface area contributed by atoms with Crippen LogP contribution < -0.4 is 14.3 Å². The lowest BCUT2D eigenvalue weighted by molar-refractivity contribution is -0.114. The summed E-state index contributed by atoms with van der Waals surface area (Å²) in [5.41, 5.74) is 2.92. The van der Waals surface area contributed by atoms with Crippen LogP contribution in [0.4, 0.5) is 17.1 Å². The number of carbonyl (C=O) groups is 1. The van der Waals surface area contributed by atoms with Crippen molar-refractivity contribution in [3.05, 3.63) is 113 Å². The molecule has 0 saturated heterocycles. The summed E-state index contributed by atoms with van der Waals surface area (Å²) in [6.07, 6.45) is 0. The molecule has 2 N–H and O–H groups in total. The topological polar surface area (TPSA) is 113 Å². The van der Waals surface area contributed by atoms with E-state index in [1.165, 1.54) is 36.4 Å². The van der Waals surface area contributed by atoms with Gasteiger partial charge in [-0.1, -0.05) is 51.3 Å². The summed E-state index contributed by atoms with van der Waals surface area (Å²) in [7, 11) is -7.90. The second-order valence-electron chi connectivity index (χ2n) is 8.85. The highest BCUT2D eigenvalue weighted by Gasteiger charge is 2.27. The van der Waals surface area contributed by atoms with Gasteiger partial charge in [-0.05, 0) is 86.6 Å². The van der Waals surface area contributed by atoms with Gasteiger partial charge in [-0.25, -0.2) is 16.8 Å². The van der Waals surface area contributed by atoms with Crippen LogP contribution in [0.1, 0.15) is 11.1 Å². The van der Waals surface area contributed by atoms with Crippen LogP contribution in [0.3, 0.4) is 0 Å². The van der Waals surface area contributed by atoms with Crippen LogP contribution in [0.2, 0.25) is 0 Å². The summed E-state index contributed by atoms with van der Waals surface area (Å²) >= 11 is 3.31. The molecule has 202 valence electrons. The van der Waals surface area contributed by atoms with Gasteiger partial charge in [0.2, 0.25) is 5.91 Å². The third-order valence-corrected chi connectivity index (χ3v) is 9.48. The molecule has 4 aromatic rings. The Kier molecular flexibility index (Phi) is 8.43. The predicted octanol–water partition coefficient (Wildman–Crippen LogP) is 5.70. The first-order chi connectivity index (χ1) is 18.4. The minimum absolute atomic E-state index is 0.00616. The van der Waals surface area contributed by atoms with Crippen LogP contribution in [-0.4, -0.2) is 29.3 Å². The van der Waals surface area contributed by atoms with Gasteiger partial charge in [-0.3, -0.25) is 13.8 Å². The van der Waals surface area contributed by atoms with Gasteiger partial charge >= 0.3 is 0 Å². The summed E-state index contributed by atoms with van der Waals surface area (Å²) in [5, 5.41) is 2.66. The maximum Gasteiger partial charge on any atom is 0.264 e. The lowest BCUT2D eigenvalue weighted by Gasteiger charge is -2.24. The van der Waals surface area contributed by atoms with E-state index in [9.17, 15) is 21.6 Å². The van der Waals surface area contributed by atoms with Crippen molar-refractivity contribution in [1.29, 1.82) is 0 Å². The molecule has 0 heterocycles. The quantitative estimate of drug-likeness (QED) is 0.247. The van der Waals surface area contributed by atoms with E-state index in [-0.39, 0.29) is 9.79 Å². The molecule has 0 bridgehead atoms. The lowest BCUT2D eigenvalue weighted by atomic mass is 10.2. The Morgan fingerprint density at radius 2 is 1.18 bits per heavy atom. The number of rotatable bonds is 9. The molecular formula is C28H26BrN3O5S2. The standard InChI is InChI=1S/C28H26BrN3O5S2/c1-20-3-13-25(14-4-20)32(39(36,37)27-15-5-21(2)6-16-27)19-28(33)30-23-11-17-26(18-12-23)38(34,35)31-24-9-7-22(29)8-10-24/h3-18,31H,19H2,1-2H3,(H,30,33). The molecule has 0 aromatic heterocycles. The summed E-state index contributed by atoms with van der Waals surface area (Å²) < 4.78 is 56.8. The second kappa shape index (κ2) is 11.6. The maximum absolute atomic E-state index is 13.5. The van der Waals surface area contributed by atoms with Crippen molar-refractivity contribution in [2.24, 2.45) is 0 Å². The highest BCUT2D eigenvalue weighted by atomic mass is 79.9. The first-order valence-corrected chi connectivity index (χ1v) is 15.5. The molecule has 4 rings (SSSR count). The number of hydrogen-bond acceptors (Lipinski definition) is 5. The largest absolute Gasteiger partial charge is 0.325 e. The zero-order chi connectivity index (χ0) is 28.2. The van der Waals surface area contributed by atoms with Crippen LogP contribution in [-0.2, 0) is 24.8 Å². The Hall–Kier alpha value is -3.67. The van der Waals surface area contributed by atoms with Gasteiger partial charge in [-0.2, -0.15) is 0 Å². The fraction of sp³-hybridized carbons (Fsp3) is 0.107. The molecule has 0 radical (unpaired) electrons. The molecule has 0 spiro atoms. The fourth-order valence-corrected chi connectivity index (χ4v) is 6.39. The Bertz CT molecular complexity index is 1670. The number of aryl methyl sites for hydroxylation is 2. The van der Waals surface area contributed by atoms with Gasteiger partial charge in [0, 0.05) is 15.8 Å². The molecule has 0 aliphatic rings. The molecule has 0 unspecified atom stereocenters. The van der Waals surface area contributed by atoms with Gasteiger partial charge in [0.25, 0.3) is 20.0 Å². The Balaban J connectivity index is 1.52. The van der Waals surface area contributed by atoms with Crippen LogP contribution in [0.5, 0.6) is 0 Å². The summed E-state index contributed by atoms with van der Waals surface area (Å²) in [6.45, 7) is 3.26. The molecule has 39 heavy (non-hydrogen) atoms. The van der Waals surface area contributed by atoms with Gasteiger partial charge in [-0.15, -0.1) is 0 Å². The van der Waals surface area contributed by atoms with E-state index in [4.69, 9.17) is 0 Å². The average Bonchev–Trinajstić information content (AvgIpc) is 2.90. The summed E-state index contributed by atoms with van der Waals surface area (Å²) in [4.78, 5) is 13.1. The van der Waals surface area contributed by atoms with Crippen LogP contribution >= 0.6 is 15.9 Å². The minimum Gasteiger partial charge on any atom is -0.325 e. The highest BCUT2D eigenvalue weighted by molar-refractivity contribution is 9.10. The molecule has 0 saturated carbocycles. The van der Waals surface area contributed by atoms with Crippen molar-refractivity contribution in [3.63, 3.8) is 0 Å². The van der Waals surface area contributed by atoms with E-state index in [1.54, 1.807) is 60.7 Å². The molecule has 0 fully saturated rings. The molecule has 0 aliphatic carbocycles. The monoisotopic (exact) mass is 627 g/mol. The third kappa shape index (κ3) is 7.05. The Morgan fingerprint density at radius 1 is 0.692 bits per heavy atom. The minimum atomic E-state index is -4.05. The van der Waals surface area contributed by atoms with E-state index in [1.807, 2.05) is 13.8 Å². The van der Waals surface area contributed by atoms with Crippen LogP contribution in [0.25, 0.3) is 0 Å².